The van der Waals surface area contributed by atoms with Crippen LogP contribution in [0.1, 0.15) is 5.56 Å². The molecule has 0 radical (unpaired) electrons. The maximum atomic E-state index is 11.7. The Hall–Kier alpha value is -3.28. The SMILES string of the molecule is COc1ccccc1OCC(=O)NNC(=O)/C=C/c1ccccc1. The predicted molar refractivity (Wildman–Crippen MR) is 90.3 cm³/mol. The second kappa shape index (κ2) is 8.99. The molecule has 2 rings (SSSR count). The summed E-state index contributed by atoms with van der Waals surface area (Å²) in [5.41, 5.74) is 5.44. The Balaban J connectivity index is 1.75. The topological polar surface area (TPSA) is 76.7 Å². The van der Waals surface area contributed by atoms with Gasteiger partial charge in [-0.1, -0.05) is 42.5 Å². The van der Waals surface area contributed by atoms with E-state index in [9.17, 15) is 9.59 Å². The minimum Gasteiger partial charge on any atom is -0.493 e. The Labute approximate surface area is 140 Å². The molecular formula is C18H18N2O4. The quantitative estimate of drug-likeness (QED) is 0.628. The zero-order valence-corrected chi connectivity index (χ0v) is 13.2. The van der Waals surface area contributed by atoms with Crippen molar-refractivity contribution in [1.82, 2.24) is 10.9 Å². The number of benzene rings is 2. The molecule has 0 aliphatic carbocycles. The lowest BCUT2D eigenvalue weighted by atomic mass is 10.2. The van der Waals surface area contributed by atoms with Crippen molar-refractivity contribution in [2.24, 2.45) is 0 Å². The lowest BCUT2D eigenvalue weighted by Gasteiger charge is -2.10. The van der Waals surface area contributed by atoms with Gasteiger partial charge in [-0.25, -0.2) is 0 Å². The molecular weight excluding hydrogens is 308 g/mol. The first kappa shape index (κ1) is 17.1. The average Bonchev–Trinajstić information content (AvgIpc) is 2.64. The number of carbonyl (C=O) groups excluding carboxylic acids is 2. The van der Waals surface area contributed by atoms with Gasteiger partial charge in [0.15, 0.2) is 18.1 Å². The van der Waals surface area contributed by atoms with Gasteiger partial charge >= 0.3 is 0 Å². The molecule has 124 valence electrons. The average molecular weight is 326 g/mol. The van der Waals surface area contributed by atoms with E-state index in [0.29, 0.717) is 11.5 Å². The zero-order chi connectivity index (χ0) is 17.2. The van der Waals surface area contributed by atoms with Crippen molar-refractivity contribution in [2.75, 3.05) is 13.7 Å². The zero-order valence-electron chi connectivity index (χ0n) is 13.2. The van der Waals surface area contributed by atoms with E-state index >= 15 is 0 Å². The number of hydrogen-bond donors (Lipinski definition) is 2. The number of hydrogen-bond acceptors (Lipinski definition) is 4. The molecule has 0 spiro atoms. The summed E-state index contributed by atoms with van der Waals surface area (Å²) in [5.74, 6) is 0.0532. The maximum Gasteiger partial charge on any atom is 0.276 e. The highest BCUT2D eigenvalue weighted by molar-refractivity contribution is 5.93. The summed E-state index contributed by atoms with van der Waals surface area (Å²) in [7, 11) is 1.52. The van der Waals surface area contributed by atoms with Crippen LogP contribution in [0.5, 0.6) is 11.5 Å². The Morgan fingerprint density at radius 2 is 1.62 bits per heavy atom. The fraction of sp³-hybridized carbons (Fsp3) is 0.111. The van der Waals surface area contributed by atoms with Crippen molar-refractivity contribution >= 4 is 17.9 Å². The van der Waals surface area contributed by atoms with E-state index in [0.717, 1.165) is 5.56 Å². The van der Waals surface area contributed by atoms with Gasteiger partial charge in [-0.15, -0.1) is 0 Å². The predicted octanol–water partition coefficient (Wildman–Crippen LogP) is 1.93. The number of carbonyl (C=O) groups is 2. The molecule has 2 amide bonds. The molecule has 2 aromatic carbocycles. The Kier molecular flexibility index (Phi) is 6.40. The Morgan fingerprint density at radius 1 is 0.958 bits per heavy atom. The first-order valence-corrected chi connectivity index (χ1v) is 7.27. The number of para-hydroxylation sites is 2. The molecule has 6 heteroatoms. The second-order valence-corrected chi connectivity index (χ2v) is 4.72. The highest BCUT2D eigenvalue weighted by Gasteiger charge is 2.07. The van der Waals surface area contributed by atoms with Gasteiger partial charge in [0, 0.05) is 6.08 Å². The van der Waals surface area contributed by atoms with E-state index < -0.39 is 11.8 Å². The minimum atomic E-state index is -0.484. The van der Waals surface area contributed by atoms with Crippen molar-refractivity contribution in [3.8, 4) is 11.5 Å². The highest BCUT2D eigenvalue weighted by Crippen LogP contribution is 2.25. The van der Waals surface area contributed by atoms with Crippen molar-refractivity contribution in [3.63, 3.8) is 0 Å². The summed E-state index contributed by atoms with van der Waals surface area (Å²) in [6.07, 6.45) is 2.98. The van der Waals surface area contributed by atoms with Crippen LogP contribution in [0.15, 0.2) is 60.7 Å². The van der Waals surface area contributed by atoms with E-state index in [1.807, 2.05) is 30.3 Å². The molecule has 0 aliphatic heterocycles. The van der Waals surface area contributed by atoms with Crippen LogP contribution >= 0.6 is 0 Å². The van der Waals surface area contributed by atoms with Crippen molar-refractivity contribution < 1.29 is 19.1 Å². The van der Waals surface area contributed by atoms with Gasteiger partial charge in [0.1, 0.15) is 0 Å². The molecule has 0 bridgehead atoms. The molecule has 0 atom stereocenters. The van der Waals surface area contributed by atoms with Crippen LogP contribution in [0.2, 0.25) is 0 Å². The summed E-state index contributed by atoms with van der Waals surface area (Å²) >= 11 is 0. The van der Waals surface area contributed by atoms with Gasteiger partial charge in [-0.3, -0.25) is 20.4 Å². The molecule has 2 aromatic rings. The lowest BCUT2D eigenvalue weighted by Crippen LogP contribution is -2.43. The van der Waals surface area contributed by atoms with Crippen LogP contribution in [0.25, 0.3) is 6.08 Å². The lowest BCUT2D eigenvalue weighted by molar-refractivity contribution is -0.128. The van der Waals surface area contributed by atoms with E-state index in [1.165, 1.54) is 13.2 Å². The smallest absolute Gasteiger partial charge is 0.276 e. The highest BCUT2D eigenvalue weighted by atomic mass is 16.5. The first-order chi connectivity index (χ1) is 11.7. The number of hydrazine groups is 1. The number of amides is 2. The van der Waals surface area contributed by atoms with Gasteiger partial charge in [0.2, 0.25) is 0 Å². The molecule has 0 aliphatic rings. The fourth-order valence-electron chi connectivity index (χ4n) is 1.83. The van der Waals surface area contributed by atoms with Gasteiger partial charge in [0.05, 0.1) is 7.11 Å². The van der Waals surface area contributed by atoms with Crippen LogP contribution in [-0.2, 0) is 9.59 Å². The summed E-state index contributed by atoms with van der Waals surface area (Å²) in [4.78, 5) is 23.3. The molecule has 2 N–H and O–H groups in total. The number of nitrogens with one attached hydrogen (secondary N) is 2. The Bertz CT molecular complexity index is 714. The van der Waals surface area contributed by atoms with E-state index in [2.05, 4.69) is 10.9 Å². The van der Waals surface area contributed by atoms with Crippen molar-refractivity contribution in [3.05, 3.63) is 66.2 Å². The molecule has 0 saturated carbocycles. The molecule has 0 fully saturated rings. The number of rotatable bonds is 6. The normalized spacial score (nSPS) is 10.2. The number of ether oxygens (including phenoxy) is 2. The van der Waals surface area contributed by atoms with Crippen LogP contribution in [0.4, 0.5) is 0 Å². The monoisotopic (exact) mass is 326 g/mol. The maximum absolute atomic E-state index is 11.7. The van der Waals surface area contributed by atoms with Gasteiger partial charge in [0.25, 0.3) is 11.8 Å². The molecule has 0 heterocycles. The molecule has 0 aromatic heterocycles. The van der Waals surface area contributed by atoms with Gasteiger partial charge < -0.3 is 9.47 Å². The van der Waals surface area contributed by atoms with Crippen LogP contribution in [0, 0.1) is 0 Å². The van der Waals surface area contributed by atoms with Crippen molar-refractivity contribution in [2.45, 2.75) is 0 Å². The summed E-state index contributed by atoms with van der Waals surface area (Å²) in [5, 5.41) is 0. The van der Waals surface area contributed by atoms with Crippen LogP contribution in [0.3, 0.4) is 0 Å². The van der Waals surface area contributed by atoms with Gasteiger partial charge in [-0.2, -0.15) is 0 Å². The third kappa shape index (κ3) is 5.49. The molecule has 0 saturated heterocycles. The van der Waals surface area contributed by atoms with Gasteiger partial charge in [-0.05, 0) is 23.8 Å². The number of methoxy groups -OCH3 is 1. The third-order valence-electron chi connectivity index (χ3n) is 2.98. The van der Waals surface area contributed by atoms with Crippen molar-refractivity contribution in [1.29, 1.82) is 0 Å². The van der Waals surface area contributed by atoms with E-state index in [4.69, 9.17) is 9.47 Å². The van der Waals surface area contributed by atoms with E-state index in [-0.39, 0.29) is 6.61 Å². The molecule has 0 unspecified atom stereocenters. The summed E-state index contributed by atoms with van der Waals surface area (Å²) in [6.45, 7) is -0.247. The summed E-state index contributed by atoms with van der Waals surface area (Å²) < 4.78 is 10.5. The Morgan fingerprint density at radius 3 is 2.33 bits per heavy atom. The van der Waals surface area contributed by atoms with E-state index in [1.54, 1.807) is 30.3 Å². The largest absolute Gasteiger partial charge is 0.493 e. The fourth-order valence-corrected chi connectivity index (χ4v) is 1.83. The second-order valence-electron chi connectivity index (χ2n) is 4.72. The molecule has 24 heavy (non-hydrogen) atoms. The minimum absolute atomic E-state index is 0.247. The van der Waals surface area contributed by atoms with Crippen LogP contribution < -0.4 is 20.3 Å². The first-order valence-electron chi connectivity index (χ1n) is 7.27. The standard InChI is InChI=1S/C18H18N2O4/c1-23-15-9-5-6-10-16(15)24-13-18(22)20-19-17(21)12-11-14-7-3-2-4-8-14/h2-12H,13H2,1H3,(H,19,21)(H,20,22)/b12-11+. The molecule has 6 nitrogen and oxygen atoms in total. The third-order valence-corrected chi connectivity index (χ3v) is 2.98. The van der Waals surface area contributed by atoms with Crippen LogP contribution in [-0.4, -0.2) is 25.5 Å². The summed E-state index contributed by atoms with van der Waals surface area (Å²) in [6, 6.07) is 16.3.